The first-order valence-electron chi connectivity index (χ1n) is 5.32. The lowest BCUT2D eigenvalue weighted by Crippen LogP contribution is -2.38. The molecule has 80 valence electrons. The summed E-state index contributed by atoms with van der Waals surface area (Å²) < 4.78 is 0. The number of amides is 2. The van der Waals surface area contributed by atoms with Crippen LogP contribution in [-0.2, 0) is 6.54 Å². The maximum absolute atomic E-state index is 11.6. The molecule has 1 aliphatic rings. The van der Waals surface area contributed by atoms with Gasteiger partial charge in [-0.3, -0.25) is 0 Å². The van der Waals surface area contributed by atoms with E-state index in [0.717, 1.165) is 18.4 Å². The number of hydrogen-bond acceptors (Lipinski definition) is 1. The van der Waals surface area contributed by atoms with E-state index < -0.39 is 0 Å². The molecular formula is C12H16N2O. The molecule has 0 saturated heterocycles. The molecule has 3 nitrogen and oxygen atoms in total. The van der Waals surface area contributed by atoms with Gasteiger partial charge >= 0.3 is 6.03 Å². The summed E-state index contributed by atoms with van der Waals surface area (Å²) in [4.78, 5) is 13.4. The van der Waals surface area contributed by atoms with Crippen molar-refractivity contribution in [2.24, 2.45) is 0 Å². The van der Waals surface area contributed by atoms with E-state index in [4.69, 9.17) is 0 Å². The molecule has 1 aromatic carbocycles. The van der Waals surface area contributed by atoms with Gasteiger partial charge in [-0.1, -0.05) is 30.3 Å². The van der Waals surface area contributed by atoms with Crippen molar-refractivity contribution in [2.45, 2.75) is 25.4 Å². The number of nitrogens with one attached hydrogen (secondary N) is 1. The van der Waals surface area contributed by atoms with Crippen molar-refractivity contribution >= 4 is 6.03 Å². The highest BCUT2D eigenvalue weighted by atomic mass is 16.2. The van der Waals surface area contributed by atoms with Crippen molar-refractivity contribution in [1.82, 2.24) is 10.2 Å². The van der Waals surface area contributed by atoms with E-state index in [2.05, 4.69) is 5.32 Å². The molecule has 0 aromatic heterocycles. The second kappa shape index (κ2) is 4.34. The van der Waals surface area contributed by atoms with Gasteiger partial charge in [-0.2, -0.15) is 0 Å². The van der Waals surface area contributed by atoms with Gasteiger partial charge in [0, 0.05) is 19.6 Å². The zero-order valence-electron chi connectivity index (χ0n) is 8.94. The molecule has 1 fully saturated rings. The topological polar surface area (TPSA) is 32.3 Å². The molecule has 1 aromatic rings. The van der Waals surface area contributed by atoms with Gasteiger partial charge in [0.05, 0.1) is 0 Å². The Kier molecular flexibility index (Phi) is 2.90. The summed E-state index contributed by atoms with van der Waals surface area (Å²) in [6.45, 7) is 0.608. The highest BCUT2D eigenvalue weighted by Crippen LogP contribution is 2.25. The summed E-state index contributed by atoms with van der Waals surface area (Å²) in [5.74, 6) is 0. The second-order valence-electron chi connectivity index (χ2n) is 3.99. The van der Waals surface area contributed by atoms with E-state index in [9.17, 15) is 4.79 Å². The molecule has 0 heterocycles. The fourth-order valence-corrected chi connectivity index (χ4v) is 1.53. The molecule has 1 saturated carbocycles. The summed E-state index contributed by atoms with van der Waals surface area (Å²) in [6.07, 6.45) is 2.30. The van der Waals surface area contributed by atoms with E-state index in [0.29, 0.717) is 12.6 Å². The fourth-order valence-electron chi connectivity index (χ4n) is 1.53. The summed E-state index contributed by atoms with van der Waals surface area (Å²) in [5, 5.41) is 2.91. The Labute approximate surface area is 90.1 Å². The van der Waals surface area contributed by atoms with Crippen LogP contribution in [0.15, 0.2) is 30.3 Å². The van der Waals surface area contributed by atoms with Crippen molar-refractivity contribution in [3.63, 3.8) is 0 Å². The van der Waals surface area contributed by atoms with Crippen LogP contribution in [0.25, 0.3) is 0 Å². The molecule has 0 spiro atoms. The van der Waals surface area contributed by atoms with Gasteiger partial charge in [0.1, 0.15) is 0 Å². The van der Waals surface area contributed by atoms with E-state index >= 15 is 0 Å². The Balaban J connectivity index is 1.80. The van der Waals surface area contributed by atoms with Crippen molar-refractivity contribution in [2.75, 3.05) is 7.05 Å². The zero-order chi connectivity index (χ0) is 10.7. The summed E-state index contributed by atoms with van der Waals surface area (Å²) in [7, 11) is 1.86. The first-order valence-corrected chi connectivity index (χ1v) is 5.32. The Morgan fingerprint density at radius 1 is 1.40 bits per heavy atom. The van der Waals surface area contributed by atoms with Gasteiger partial charge in [0.25, 0.3) is 0 Å². The maximum Gasteiger partial charge on any atom is 0.317 e. The van der Waals surface area contributed by atoms with Crippen LogP contribution in [-0.4, -0.2) is 24.0 Å². The lowest BCUT2D eigenvalue weighted by molar-refractivity contribution is 0.206. The summed E-state index contributed by atoms with van der Waals surface area (Å²) >= 11 is 0. The molecule has 2 amide bonds. The average molecular weight is 204 g/mol. The van der Waals surface area contributed by atoms with Crippen LogP contribution in [0.1, 0.15) is 18.4 Å². The van der Waals surface area contributed by atoms with Gasteiger partial charge in [-0.15, -0.1) is 0 Å². The van der Waals surface area contributed by atoms with E-state index in [1.165, 1.54) is 0 Å². The number of urea groups is 1. The van der Waals surface area contributed by atoms with Gasteiger partial charge in [-0.05, 0) is 18.4 Å². The zero-order valence-corrected chi connectivity index (χ0v) is 8.94. The Morgan fingerprint density at radius 3 is 2.67 bits per heavy atom. The van der Waals surface area contributed by atoms with Crippen LogP contribution in [0.3, 0.4) is 0 Å². The van der Waals surface area contributed by atoms with Crippen molar-refractivity contribution < 1.29 is 4.79 Å². The predicted molar refractivity (Wildman–Crippen MR) is 59.5 cm³/mol. The molecule has 1 aliphatic carbocycles. The molecule has 0 unspecified atom stereocenters. The Hall–Kier alpha value is -1.51. The highest BCUT2D eigenvalue weighted by molar-refractivity contribution is 5.74. The minimum atomic E-state index is 0.0290. The van der Waals surface area contributed by atoms with Crippen LogP contribution in [0, 0.1) is 0 Å². The number of rotatable bonds is 3. The minimum absolute atomic E-state index is 0.0290. The predicted octanol–water partition coefficient (Wildman–Crippen LogP) is 1.99. The van der Waals surface area contributed by atoms with Crippen molar-refractivity contribution in [1.29, 1.82) is 0 Å². The third-order valence-electron chi connectivity index (χ3n) is 2.70. The van der Waals surface area contributed by atoms with E-state index in [1.54, 1.807) is 4.90 Å². The van der Waals surface area contributed by atoms with Crippen LogP contribution >= 0.6 is 0 Å². The van der Waals surface area contributed by atoms with Gasteiger partial charge in [-0.25, -0.2) is 4.79 Å². The molecule has 2 rings (SSSR count). The first kappa shape index (κ1) is 10.0. The number of carbonyl (C=O) groups is 1. The summed E-state index contributed by atoms with van der Waals surface area (Å²) in [5.41, 5.74) is 1.13. The van der Waals surface area contributed by atoms with Gasteiger partial charge in [0.15, 0.2) is 0 Å². The Morgan fingerprint density at radius 2 is 2.07 bits per heavy atom. The standard InChI is InChI=1S/C12H16N2O/c1-14(11-7-8-11)12(15)13-9-10-5-3-2-4-6-10/h2-6,11H,7-9H2,1H3,(H,13,15). The first-order chi connectivity index (χ1) is 7.27. The molecule has 0 radical (unpaired) electrons. The molecule has 0 aliphatic heterocycles. The van der Waals surface area contributed by atoms with Crippen LogP contribution in [0.4, 0.5) is 4.79 Å². The normalized spacial score (nSPS) is 14.7. The van der Waals surface area contributed by atoms with E-state index in [1.807, 2.05) is 37.4 Å². The van der Waals surface area contributed by atoms with Crippen molar-refractivity contribution in [3.05, 3.63) is 35.9 Å². The lowest BCUT2D eigenvalue weighted by atomic mass is 10.2. The maximum atomic E-state index is 11.6. The van der Waals surface area contributed by atoms with Gasteiger partial charge < -0.3 is 10.2 Å². The molecule has 15 heavy (non-hydrogen) atoms. The number of carbonyl (C=O) groups excluding carboxylic acids is 1. The molecule has 0 bridgehead atoms. The number of nitrogens with zero attached hydrogens (tertiary/aromatic N) is 1. The third-order valence-corrected chi connectivity index (χ3v) is 2.70. The van der Waals surface area contributed by atoms with Crippen LogP contribution in [0.2, 0.25) is 0 Å². The average Bonchev–Trinajstić information content (AvgIpc) is 3.10. The smallest absolute Gasteiger partial charge is 0.317 e. The SMILES string of the molecule is CN(C(=O)NCc1ccccc1)C1CC1. The van der Waals surface area contributed by atoms with Gasteiger partial charge in [0.2, 0.25) is 0 Å². The Bertz CT molecular complexity index is 333. The number of benzene rings is 1. The highest BCUT2D eigenvalue weighted by Gasteiger charge is 2.29. The molecule has 1 N–H and O–H groups in total. The number of hydrogen-bond donors (Lipinski definition) is 1. The minimum Gasteiger partial charge on any atom is -0.334 e. The van der Waals surface area contributed by atoms with Crippen molar-refractivity contribution in [3.8, 4) is 0 Å². The third kappa shape index (κ3) is 2.72. The van der Waals surface area contributed by atoms with Crippen LogP contribution in [0.5, 0.6) is 0 Å². The van der Waals surface area contributed by atoms with Crippen LogP contribution < -0.4 is 5.32 Å². The quantitative estimate of drug-likeness (QED) is 0.802. The fraction of sp³-hybridized carbons (Fsp3) is 0.417. The van der Waals surface area contributed by atoms with E-state index in [-0.39, 0.29) is 6.03 Å². The summed E-state index contributed by atoms with van der Waals surface area (Å²) in [6, 6.07) is 10.5. The molecule has 0 atom stereocenters. The second-order valence-corrected chi connectivity index (χ2v) is 3.99. The largest absolute Gasteiger partial charge is 0.334 e. The molecule has 3 heteroatoms. The monoisotopic (exact) mass is 204 g/mol. The lowest BCUT2D eigenvalue weighted by Gasteiger charge is -2.16. The molecular weight excluding hydrogens is 188 g/mol.